The number of halogens is 1. The van der Waals surface area contributed by atoms with E-state index in [4.69, 9.17) is 0 Å². The predicted octanol–water partition coefficient (Wildman–Crippen LogP) is 4.06. The van der Waals surface area contributed by atoms with E-state index in [1.54, 1.807) is 6.07 Å². The summed E-state index contributed by atoms with van der Waals surface area (Å²) in [5, 5.41) is 6.26. The molecule has 3 rings (SSSR count). The molecular weight excluding hydrogens is 279 g/mol. The SMILES string of the molecule is Cc1ccc(F)cc1NC(=O)C1CC(C)Nc2ccccc21. The summed E-state index contributed by atoms with van der Waals surface area (Å²) in [5.41, 5.74) is 3.38. The lowest BCUT2D eigenvalue weighted by molar-refractivity contribution is -0.117. The van der Waals surface area contributed by atoms with Crippen LogP contribution in [0.15, 0.2) is 42.5 Å². The Morgan fingerprint density at radius 1 is 1.27 bits per heavy atom. The minimum atomic E-state index is -0.347. The summed E-state index contributed by atoms with van der Waals surface area (Å²) in [7, 11) is 0. The predicted molar refractivity (Wildman–Crippen MR) is 86.7 cm³/mol. The summed E-state index contributed by atoms with van der Waals surface area (Å²) < 4.78 is 13.4. The maximum Gasteiger partial charge on any atom is 0.232 e. The van der Waals surface area contributed by atoms with E-state index in [0.29, 0.717) is 5.69 Å². The van der Waals surface area contributed by atoms with Gasteiger partial charge in [0.1, 0.15) is 5.82 Å². The van der Waals surface area contributed by atoms with Crippen molar-refractivity contribution in [3.63, 3.8) is 0 Å². The first kappa shape index (κ1) is 14.6. The molecule has 0 radical (unpaired) electrons. The average Bonchev–Trinajstić information content (AvgIpc) is 2.50. The number of rotatable bonds is 2. The molecule has 2 atom stereocenters. The van der Waals surface area contributed by atoms with Crippen molar-refractivity contribution >= 4 is 17.3 Å². The molecule has 0 bridgehead atoms. The average molecular weight is 298 g/mol. The minimum Gasteiger partial charge on any atom is -0.382 e. The van der Waals surface area contributed by atoms with Gasteiger partial charge in [0.2, 0.25) is 5.91 Å². The second-order valence-electron chi connectivity index (χ2n) is 5.87. The van der Waals surface area contributed by atoms with Crippen LogP contribution in [0.4, 0.5) is 15.8 Å². The number of benzene rings is 2. The number of hydrogen-bond acceptors (Lipinski definition) is 2. The van der Waals surface area contributed by atoms with Crippen molar-refractivity contribution in [3.8, 4) is 0 Å². The highest BCUT2D eigenvalue weighted by molar-refractivity contribution is 5.97. The van der Waals surface area contributed by atoms with Gasteiger partial charge in [-0.2, -0.15) is 0 Å². The maximum atomic E-state index is 13.4. The smallest absolute Gasteiger partial charge is 0.232 e. The second kappa shape index (κ2) is 5.79. The molecule has 4 heteroatoms. The Hall–Kier alpha value is -2.36. The molecule has 1 aliphatic rings. The van der Waals surface area contributed by atoms with Crippen molar-refractivity contribution in [2.75, 3.05) is 10.6 Å². The number of aryl methyl sites for hydroxylation is 1. The third-order valence-electron chi connectivity index (χ3n) is 4.10. The Labute approximate surface area is 129 Å². The van der Waals surface area contributed by atoms with Gasteiger partial charge in [0, 0.05) is 17.4 Å². The quantitative estimate of drug-likeness (QED) is 0.878. The molecular formula is C18H19FN2O. The summed E-state index contributed by atoms with van der Waals surface area (Å²) in [4.78, 5) is 12.7. The van der Waals surface area contributed by atoms with Gasteiger partial charge in [0.25, 0.3) is 0 Å². The number of amides is 1. The zero-order valence-corrected chi connectivity index (χ0v) is 12.7. The summed E-state index contributed by atoms with van der Waals surface area (Å²) in [6.45, 7) is 3.91. The summed E-state index contributed by atoms with van der Waals surface area (Å²) in [6, 6.07) is 12.5. The fourth-order valence-electron chi connectivity index (χ4n) is 2.93. The van der Waals surface area contributed by atoms with Crippen LogP contribution >= 0.6 is 0 Å². The van der Waals surface area contributed by atoms with Crippen LogP contribution in [0.2, 0.25) is 0 Å². The molecule has 1 amide bonds. The van der Waals surface area contributed by atoms with Crippen LogP contribution in [-0.4, -0.2) is 11.9 Å². The first-order valence-electron chi connectivity index (χ1n) is 7.47. The normalized spacial score (nSPS) is 20.0. The zero-order chi connectivity index (χ0) is 15.7. The highest BCUT2D eigenvalue weighted by Gasteiger charge is 2.29. The van der Waals surface area contributed by atoms with Gasteiger partial charge in [0.05, 0.1) is 5.92 Å². The van der Waals surface area contributed by atoms with Crippen molar-refractivity contribution in [1.29, 1.82) is 0 Å². The van der Waals surface area contributed by atoms with Crippen LogP contribution in [0, 0.1) is 12.7 Å². The van der Waals surface area contributed by atoms with E-state index >= 15 is 0 Å². The van der Waals surface area contributed by atoms with E-state index in [1.807, 2.05) is 31.2 Å². The molecule has 1 heterocycles. The van der Waals surface area contributed by atoms with Gasteiger partial charge in [-0.25, -0.2) is 4.39 Å². The summed E-state index contributed by atoms with van der Waals surface area (Å²) >= 11 is 0. The molecule has 0 spiro atoms. The molecule has 3 nitrogen and oxygen atoms in total. The molecule has 0 saturated carbocycles. The standard InChI is InChI=1S/C18H19FN2O/c1-11-7-8-13(19)10-17(11)21-18(22)15-9-12(2)20-16-6-4-3-5-14(15)16/h3-8,10,12,15,20H,9H2,1-2H3,(H,21,22). The molecule has 2 unspecified atom stereocenters. The molecule has 2 aromatic carbocycles. The number of para-hydroxylation sites is 1. The van der Waals surface area contributed by atoms with Crippen molar-refractivity contribution in [3.05, 3.63) is 59.4 Å². The first-order chi connectivity index (χ1) is 10.5. The molecule has 2 aromatic rings. The van der Waals surface area contributed by atoms with Gasteiger partial charge >= 0.3 is 0 Å². The van der Waals surface area contributed by atoms with Gasteiger partial charge in [-0.15, -0.1) is 0 Å². The van der Waals surface area contributed by atoms with Crippen LogP contribution in [0.3, 0.4) is 0 Å². The fraction of sp³-hybridized carbons (Fsp3) is 0.278. The fourth-order valence-corrected chi connectivity index (χ4v) is 2.93. The Morgan fingerprint density at radius 3 is 2.86 bits per heavy atom. The van der Waals surface area contributed by atoms with Gasteiger partial charge in [-0.3, -0.25) is 4.79 Å². The molecule has 0 fully saturated rings. The number of carbonyl (C=O) groups is 1. The third kappa shape index (κ3) is 2.82. The van der Waals surface area contributed by atoms with Crippen LogP contribution in [0.5, 0.6) is 0 Å². The highest BCUT2D eigenvalue weighted by atomic mass is 19.1. The van der Waals surface area contributed by atoms with E-state index in [-0.39, 0.29) is 23.7 Å². The largest absolute Gasteiger partial charge is 0.382 e. The Morgan fingerprint density at radius 2 is 2.05 bits per heavy atom. The Bertz CT molecular complexity index is 714. The van der Waals surface area contributed by atoms with Gasteiger partial charge in [-0.1, -0.05) is 24.3 Å². The van der Waals surface area contributed by atoms with Crippen molar-refractivity contribution < 1.29 is 9.18 Å². The number of anilines is 2. The monoisotopic (exact) mass is 298 g/mol. The van der Waals surface area contributed by atoms with Crippen LogP contribution in [0.25, 0.3) is 0 Å². The molecule has 0 aromatic heterocycles. The number of hydrogen-bond donors (Lipinski definition) is 2. The van der Waals surface area contributed by atoms with E-state index in [0.717, 1.165) is 23.2 Å². The van der Waals surface area contributed by atoms with E-state index in [1.165, 1.54) is 12.1 Å². The lowest BCUT2D eigenvalue weighted by Gasteiger charge is -2.30. The molecule has 22 heavy (non-hydrogen) atoms. The lowest BCUT2D eigenvalue weighted by atomic mass is 9.86. The molecule has 0 aliphatic carbocycles. The lowest BCUT2D eigenvalue weighted by Crippen LogP contribution is -2.32. The van der Waals surface area contributed by atoms with Crippen LogP contribution < -0.4 is 10.6 Å². The van der Waals surface area contributed by atoms with E-state index < -0.39 is 0 Å². The number of carbonyl (C=O) groups excluding carboxylic acids is 1. The van der Waals surface area contributed by atoms with Gasteiger partial charge < -0.3 is 10.6 Å². The molecule has 1 aliphatic heterocycles. The summed E-state index contributed by atoms with van der Waals surface area (Å²) in [5.74, 6) is -0.662. The van der Waals surface area contributed by atoms with Crippen LogP contribution in [-0.2, 0) is 4.79 Å². The number of nitrogens with one attached hydrogen (secondary N) is 2. The van der Waals surface area contributed by atoms with E-state index in [2.05, 4.69) is 17.6 Å². The number of fused-ring (bicyclic) bond motifs is 1. The van der Waals surface area contributed by atoms with Crippen molar-refractivity contribution in [1.82, 2.24) is 0 Å². The Balaban J connectivity index is 1.88. The molecule has 2 N–H and O–H groups in total. The topological polar surface area (TPSA) is 41.1 Å². The van der Waals surface area contributed by atoms with E-state index in [9.17, 15) is 9.18 Å². The molecule has 0 saturated heterocycles. The zero-order valence-electron chi connectivity index (χ0n) is 12.7. The van der Waals surface area contributed by atoms with Gasteiger partial charge in [0.15, 0.2) is 0 Å². The first-order valence-corrected chi connectivity index (χ1v) is 7.47. The highest BCUT2D eigenvalue weighted by Crippen LogP contribution is 2.35. The molecule has 114 valence electrons. The van der Waals surface area contributed by atoms with Gasteiger partial charge in [-0.05, 0) is 49.6 Å². The third-order valence-corrected chi connectivity index (χ3v) is 4.10. The van der Waals surface area contributed by atoms with Crippen molar-refractivity contribution in [2.24, 2.45) is 0 Å². The summed E-state index contributed by atoms with van der Waals surface area (Å²) in [6.07, 6.45) is 0.719. The second-order valence-corrected chi connectivity index (χ2v) is 5.87. The maximum absolute atomic E-state index is 13.4. The minimum absolute atomic E-state index is 0.0884. The van der Waals surface area contributed by atoms with Crippen molar-refractivity contribution in [2.45, 2.75) is 32.2 Å². The van der Waals surface area contributed by atoms with Crippen LogP contribution in [0.1, 0.15) is 30.4 Å². The Kier molecular flexibility index (Phi) is 3.84.